The van der Waals surface area contributed by atoms with Crippen molar-refractivity contribution in [1.29, 1.82) is 0 Å². The van der Waals surface area contributed by atoms with Gasteiger partial charge in [-0.25, -0.2) is 0 Å². The Hall–Kier alpha value is -0.926. The Kier molecular flexibility index (Phi) is 20.6. The molecule has 25 heavy (non-hydrogen) atoms. The van der Waals surface area contributed by atoms with Crippen LogP contribution >= 0.6 is 23.5 Å². The number of thioether (sulfide) groups is 2. The van der Waals surface area contributed by atoms with E-state index in [2.05, 4.69) is 10.6 Å². The molecule has 2 unspecified atom stereocenters. The Balaban J connectivity index is -0.000000372. The van der Waals surface area contributed by atoms with Crippen LogP contribution in [0.5, 0.6) is 0 Å². The zero-order valence-corrected chi connectivity index (χ0v) is 17.2. The van der Waals surface area contributed by atoms with E-state index in [1.165, 1.54) is 37.4 Å². The van der Waals surface area contributed by atoms with Crippen LogP contribution in [0.2, 0.25) is 0 Å². The monoisotopic (exact) mass is 438 g/mol. The Morgan fingerprint density at radius 3 is 1.24 bits per heavy atom. The molecule has 0 aromatic carbocycles. The Labute approximate surface area is 166 Å². The van der Waals surface area contributed by atoms with Crippen LogP contribution < -0.4 is 20.8 Å². The normalized spacial score (nSPS) is 11.7. The molecule has 2 N–H and O–H groups in total. The van der Waals surface area contributed by atoms with E-state index in [1.807, 2.05) is 12.5 Å². The number of nitrogens with one attached hydrogen (secondary N) is 2. The van der Waals surface area contributed by atoms with Gasteiger partial charge in [-0.2, -0.15) is 23.5 Å². The minimum atomic E-state index is -1.22. The first-order valence-corrected chi connectivity index (χ1v) is 9.88. The van der Waals surface area contributed by atoms with Gasteiger partial charge in [0.15, 0.2) is 0 Å². The van der Waals surface area contributed by atoms with Crippen molar-refractivity contribution in [2.75, 3.05) is 24.0 Å². The van der Waals surface area contributed by atoms with Gasteiger partial charge in [0.25, 0.3) is 0 Å². The zero-order chi connectivity index (χ0) is 19.1. The van der Waals surface area contributed by atoms with Gasteiger partial charge in [-0.05, 0) is 36.9 Å². The molecule has 0 fully saturated rings. The maximum absolute atomic E-state index is 10.5. The number of aliphatic carboxylic acids is 2. The molecule has 0 aromatic rings. The molecular formula is C14H24N2NiO6S2. The minimum Gasteiger partial charge on any atom is -0.548 e. The SMILES string of the molecule is CSCCC(NC(C)=O)C(=O)[O-].CSCCC(NC(C)=O)C(=O)[O-].[Ni+2]. The molecule has 148 valence electrons. The summed E-state index contributed by atoms with van der Waals surface area (Å²) in [6, 6.07) is -1.70. The van der Waals surface area contributed by atoms with E-state index in [0.717, 1.165) is 0 Å². The molecule has 0 aliphatic heterocycles. The first-order chi connectivity index (χ1) is 11.1. The smallest absolute Gasteiger partial charge is 0.548 e. The average molecular weight is 439 g/mol. The molecule has 0 spiro atoms. The van der Waals surface area contributed by atoms with E-state index in [0.29, 0.717) is 24.3 Å². The van der Waals surface area contributed by atoms with E-state index in [9.17, 15) is 29.4 Å². The summed E-state index contributed by atoms with van der Waals surface area (Å²) in [5, 5.41) is 25.4. The molecule has 0 rings (SSSR count). The second-order valence-electron chi connectivity index (χ2n) is 4.71. The van der Waals surface area contributed by atoms with E-state index >= 15 is 0 Å². The molecule has 0 saturated carbocycles. The van der Waals surface area contributed by atoms with Crippen LogP contribution in [0.1, 0.15) is 26.7 Å². The van der Waals surface area contributed by atoms with Crippen LogP contribution in [0.4, 0.5) is 0 Å². The fraction of sp³-hybridized carbons (Fsp3) is 0.714. The summed E-state index contributed by atoms with van der Waals surface area (Å²) in [5.74, 6) is -1.74. The van der Waals surface area contributed by atoms with Gasteiger partial charge in [-0.15, -0.1) is 0 Å². The molecule has 0 aliphatic rings. The van der Waals surface area contributed by atoms with Gasteiger partial charge in [0.1, 0.15) is 0 Å². The van der Waals surface area contributed by atoms with Crippen molar-refractivity contribution < 1.29 is 45.9 Å². The molecule has 8 nitrogen and oxygen atoms in total. The fourth-order valence-electron chi connectivity index (χ4n) is 1.46. The van der Waals surface area contributed by atoms with Crippen LogP contribution in [-0.4, -0.2) is 59.9 Å². The quantitative estimate of drug-likeness (QED) is 0.373. The van der Waals surface area contributed by atoms with Crippen LogP contribution in [0, 0.1) is 0 Å². The molecule has 0 heterocycles. The van der Waals surface area contributed by atoms with Gasteiger partial charge in [-0.3, -0.25) is 9.59 Å². The first kappa shape index (κ1) is 28.9. The third kappa shape index (κ3) is 19.2. The van der Waals surface area contributed by atoms with Crippen molar-refractivity contribution in [2.45, 2.75) is 38.8 Å². The Bertz CT molecular complexity index is 388. The molecule has 0 aromatic heterocycles. The predicted octanol–water partition coefficient (Wildman–Crippen LogP) is -2.01. The summed E-state index contributed by atoms with van der Waals surface area (Å²) < 4.78 is 0. The largest absolute Gasteiger partial charge is 2.00 e. The average Bonchev–Trinajstić information content (AvgIpc) is 2.47. The first-order valence-electron chi connectivity index (χ1n) is 7.09. The molecule has 2 atom stereocenters. The summed E-state index contributed by atoms with van der Waals surface area (Å²) >= 11 is 3.06. The van der Waals surface area contributed by atoms with Crippen molar-refractivity contribution >= 4 is 47.3 Å². The van der Waals surface area contributed by atoms with E-state index in [1.54, 1.807) is 0 Å². The van der Waals surface area contributed by atoms with E-state index in [-0.39, 0.29) is 28.3 Å². The van der Waals surface area contributed by atoms with Crippen molar-refractivity contribution in [3.8, 4) is 0 Å². The van der Waals surface area contributed by atoms with E-state index < -0.39 is 24.0 Å². The van der Waals surface area contributed by atoms with Gasteiger partial charge in [0.2, 0.25) is 11.8 Å². The van der Waals surface area contributed by atoms with Crippen LogP contribution in [0.25, 0.3) is 0 Å². The van der Waals surface area contributed by atoms with Crippen LogP contribution in [-0.2, 0) is 35.7 Å². The number of amides is 2. The third-order valence-electron chi connectivity index (χ3n) is 2.55. The molecule has 0 aliphatic carbocycles. The Morgan fingerprint density at radius 2 is 1.08 bits per heavy atom. The topological polar surface area (TPSA) is 138 Å². The van der Waals surface area contributed by atoms with Gasteiger partial charge in [0.05, 0.1) is 24.0 Å². The number of hydrogen-bond donors (Lipinski definition) is 2. The molecular weight excluding hydrogens is 415 g/mol. The summed E-state index contributed by atoms with van der Waals surface area (Å²) in [4.78, 5) is 41.8. The van der Waals surface area contributed by atoms with Crippen molar-refractivity contribution in [2.24, 2.45) is 0 Å². The maximum atomic E-state index is 10.5. The zero-order valence-electron chi connectivity index (χ0n) is 14.6. The van der Waals surface area contributed by atoms with E-state index in [4.69, 9.17) is 0 Å². The summed E-state index contributed by atoms with van der Waals surface area (Å²) in [6.45, 7) is 2.57. The number of rotatable bonds is 10. The fourth-order valence-corrected chi connectivity index (χ4v) is 2.40. The molecule has 11 heteroatoms. The van der Waals surface area contributed by atoms with Crippen molar-refractivity contribution in [1.82, 2.24) is 10.6 Å². The number of carbonyl (C=O) groups excluding carboxylic acids is 4. The summed E-state index contributed by atoms with van der Waals surface area (Å²) in [5.41, 5.74) is 0. The summed E-state index contributed by atoms with van der Waals surface area (Å²) in [6.07, 6.45) is 4.56. The van der Waals surface area contributed by atoms with Crippen LogP contribution in [0.15, 0.2) is 0 Å². The molecule has 0 bridgehead atoms. The number of carboxylic acid groups (broad SMARTS) is 2. The second-order valence-corrected chi connectivity index (χ2v) is 6.68. The minimum absolute atomic E-state index is 0. The molecule has 2 amide bonds. The second kappa shape index (κ2) is 17.9. The summed E-state index contributed by atoms with van der Waals surface area (Å²) in [7, 11) is 0. The Morgan fingerprint density at radius 1 is 0.800 bits per heavy atom. The van der Waals surface area contributed by atoms with Crippen molar-refractivity contribution in [3.05, 3.63) is 0 Å². The number of carbonyl (C=O) groups is 4. The number of carboxylic acids is 2. The third-order valence-corrected chi connectivity index (χ3v) is 3.83. The standard InChI is InChI=1S/2C7H13NO3S.Ni/c2*1-5(9)8-6(7(10)11)3-4-12-2;/h2*6H,3-4H2,1-2H3,(H,8,9)(H,10,11);/q;;+2/p-2. The van der Waals surface area contributed by atoms with Gasteiger partial charge in [0, 0.05) is 13.8 Å². The van der Waals surface area contributed by atoms with Gasteiger partial charge < -0.3 is 30.4 Å². The van der Waals surface area contributed by atoms with Gasteiger partial charge >= 0.3 is 16.5 Å². The van der Waals surface area contributed by atoms with Crippen LogP contribution in [0.3, 0.4) is 0 Å². The molecule has 0 saturated heterocycles. The number of hydrogen-bond acceptors (Lipinski definition) is 8. The van der Waals surface area contributed by atoms with Gasteiger partial charge in [-0.1, -0.05) is 0 Å². The maximum Gasteiger partial charge on any atom is 2.00 e. The molecule has 0 radical (unpaired) electrons. The predicted molar refractivity (Wildman–Crippen MR) is 91.2 cm³/mol. The van der Waals surface area contributed by atoms with Crippen molar-refractivity contribution in [3.63, 3.8) is 0 Å².